The van der Waals surface area contributed by atoms with E-state index in [1.165, 1.54) is 0 Å². The van der Waals surface area contributed by atoms with Gasteiger partial charge in [0.1, 0.15) is 6.04 Å². The van der Waals surface area contributed by atoms with Crippen molar-refractivity contribution in [1.29, 1.82) is 0 Å². The topological polar surface area (TPSA) is 115 Å². The number of carboxylic acids is 1. The van der Waals surface area contributed by atoms with Gasteiger partial charge in [-0.15, -0.1) is 0 Å². The summed E-state index contributed by atoms with van der Waals surface area (Å²) in [5, 5.41) is 15.3. The summed E-state index contributed by atoms with van der Waals surface area (Å²) in [5.74, 6) is -1.28. The summed E-state index contributed by atoms with van der Waals surface area (Å²) >= 11 is 0. The number of fused-ring (bicyclic) bond motifs is 1. The Morgan fingerprint density at radius 2 is 2.07 bits per heavy atom. The maximum Gasteiger partial charge on any atom is 0.326 e. The Bertz CT molecular complexity index is 863. The number of rotatable bonds is 6. The van der Waals surface area contributed by atoms with Gasteiger partial charge >= 0.3 is 12.0 Å². The van der Waals surface area contributed by atoms with E-state index in [4.69, 9.17) is 0 Å². The van der Waals surface area contributed by atoms with Gasteiger partial charge in [-0.2, -0.15) is 0 Å². The fourth-order valence-corrected chi connectivity index (χ4v) is 3.66. The van der Waals surface area contributed by atoms with Crippen molar-refractivity contribution in [2.45, 2.75) is 44.7 Å². The fraction of sp³-hybridized carbons (Fsp3) is 0.450. The minimum Gasteiger partial charge on any atom is -0.480 e. The fourth-order valence-electron chi connectivity index (χ4n) is 3.66. The molecule has 1 aromatic heterocycles. The number of aromatic amines is 1. The minimum atomic E-state index is -1.13. The molecule has 1 saturated heterocycles. The molecule has 2 aromatic rings. The highest BCUT2D eigenvalue weighted by Crippen LogP contribution is 2.19. The number of nitrogens with one attached hydrogen (secondary N) is 3. The summed E-state index contributed by atoms with van der Waals surface area (Å²) in [6.45, 7) is 2.55. The lowest BCUT2D eigenvalue weighted by Crippen LogP contribution is -2.51. The lowest BCUT2D eigenvalue weighted by Gasteiger charge is -2.33. The first-order valence-corrected chi connectivity index (χ1v) is 9.57. The van der Waals surface area contributed by atoms with E-state index in [-0.39, 0.29) is 24.9 Å². The maximum absolute atomic E-state index is 12.3. The van der Waals surface area contributed by atoms with E-state index in [0.717, 1.165) is 35.7 Å². The normalized spacial score (nSPS) is 17.9. The lowest BCUT2D eigenvalue weighted by molar-refractivity contribution is -0.139. The number of likely N-dealkylation sites (tertiary alicyclic amines) is 1. The second kappa shape index (κ2) is 8.77. The van der Waals surface area contributed by atoms with Crippen LogP contribution in [0.1, 0.15) is 31.7 Å². The molecule has 3 amide bonds. The second-order valence-electron chi connectivity index (χ2n) is 7.21. The van der Waals surface area contributed by atoms with E-state index in [2.05, 4.69) is 15.6 Å². The molecule has 1 fully saturated rings. The van der Waals surface area contributed by atoms with Crippen molar-refractivity contribution in [3.05, 3.63) is 36.0 Å². The average molecular weight is 386 g/mol. The first kappa shape index (κ1) is 19.7. The number of H-pyrrole nitrogens is 1. The van der Waals surface area contributed by atoms with Crippen LogP contribution in [0.25, 0.3) is 10.9 Å². The summed E-state index contributed by atoms with van der Waals surface area (Å²) < 4.78 is 0. The Hall–Kier alpha value is -3.03. The Morgan fingerprint density at radius 3 is 2.82 bits per heavy atom. The van der Waals surface area contributed by atoms with Crippen molar-refractivity contribution < 1.29 is 19.5 Å². The molecule has 3 rings (SSSR count). The molecule has 4 N–H and O–H groups in total. The largest absolute Gasteiger partial charge is 0.480 e. The highest BCUT2D eigenvalue weighted by molar-refractivity contribution is 5.88. The van der Waals surface area contributed by atoms with Crippen LogP contribution in [-0.2, 0) is 16.0 Å². The van der Waals surface area contributed by atoms with Crippen LogP contribution in [0.2, 0.25) is 0 Å². The van der Waals surface area contributed by atoms with Crippen LogP contribution in [0.4, 0.5) is 4.79 Å². The quantitative estimate of drug-likeness (QED) is 0.607. The molecule has 0 unspecified atom stereocenters. The van der Waals surface area contributed by atoms with Crippen molar-refractivity contribution in [2.75, 3.05) is 13.1 Å². The van der Waals surface area contributed by atoms with Gasteiger partial charge in [0, 0.05) is 36.1 Å². The molecule has 8 heteroatoms. The van der Waals surface area contributed by atoms with E-state index in [0.29, 0.717) is 6.54 Å². The number of aliphatic carboxylic acids is 1. The number of benzene rings is 1. The lowest BCUT2D eigenvalue weighted by atomic mass is 10.0. The molecular weight excluding hydrogens is 360 g/mol. The number of carbonyl (C=O) groups is 3. The molecule has 0 aliphatic carbocycles. The van der Waals surface area contributed by atoms with Crippen LogP contribution in [0.15, 0.2) is 30.5 Å². The van der Waals surface area contributed by atoms with E-state index in [1.54, 1.807) is 11.1 Å². The van der Waals surface area contributed by atoms with E-state index < -0.39 is 18.0 Å². The van der Waals surface area contributed by atoms with Gasteiger partial charge in [-0.05, 0) is 37.8 Å². The maximum atomic E-state index is 12.3. The number of para-hydroxylation sites is 1. The zero-order valence-electron chi connectivity index (χ0n) is 15.9. The number of carboxylic acid groups (broad SMARTS) is 1. The predicted octanol–water partition coefficient (Wildman–Crippen LogP) is 1.86. The van der Waals surface area contributed by atoms with Crippen molar-refractivity contribution in [1.82, 2.24) is 20.5 Å². The zero-order valence-corrected chi connectivity index (χ0v) is 15.9. The molecule has 1 aliphatic heterocycles. The number of amides is 3. The number of urea groups is 1. The van der Waals surface area contributed by atoms with E-state index in [1.807, 2.05) is 31.2 Å². The zero-order chi connectivity index (χ0) is 20.1. The van der Waals surface area contributed by atoms with Gasteiger partial charge in [-0.3, -0.25) is 4.79 Å². The molecule has 0 radical (unpaired) electrons. The Labute approximate surface area is 163 Å². The minimum absolute atomic E-state index is 0.143. The Morgan fingerprint density at radius 1 is 1.29 bits per heavy atom. The van der Waals surface area contributed by atoms with Gasteiger partial charge in [-0.25, -0.2) is 9.59 Å². The Balaban J connectivity index is 1.56. The molecule has 0 saturated carbocycles. The third kappa shape index (κ3) is 4.62. The van der Waals surface area contributed by atoms with Crippen molar-refractivity contribution in [2.24, 2.45) is 0 Å². The average Bonchev–Trinajstić information content (AvgIpc) is 3.09. The molecule has 2 atom stereocenters. The SMILES string of the molecule is C[C@H]1CCCCN1C(=O)CNC(=O)N[C@H](Cc1c[nH]c2ccccc12)C(=O)O. The van der Waals surface area contributed by atoms with Gasteiger partial charge in [0.25, 0.3) is 0 Å². The number of carbonyl (C=O) groups excluding carboxylic acids is 2. The summed E-state index contributed by atoms with van der Waals surface area (Å²) in [6.07, 6.45) is 4.93. The number of nitrogens with zero attached hydrogens (tertiary/aromatic N) is 1. The van der Waals surface area contributed by atoms with Crippen LogP contribution in [0.3, 0.4) is 0 Å². The molecule has 1 aromatic carbocycles. The summed E-state index contributed by atoms with van der Waals surface area (Å²) in [6, 6.07) is 5.99. The van der Waals surface area contributed by atoms with Crippen LogP contribution in [0.5, 0.6) is 0 Å². The van der Waals surface area contributed by atoms with Crippen LogP contribution < -0.4 is 10.6 Å². The molecule has 0 spiro atoms. The van der Waals surface area contributed by atoms with Crippen molar-refractivity contribution in [3.63, 3.8) is 0 Å². The number of piperidine rings is 1. The number of aromatic nitrogens is 1. The standard InChI is InChI=1S/C20H26N4O4/c1-13-6-4-5-9-24(13)18(25)12-22-20(28)23-17(19(26)27)10-14-11-21-16-8-3-2-7-15(14)16/h2-3,7-8,11,13,17,21H,4-6,9-10,12H2,1H3,(H,26,27)(H2,22,23,28)/t13-,17+/m0/s1. The molecule has 1 aliphatic rings. The molecular formula is C20H26N4O4. The highest BCUT2D eigenvalue weighted by atomic mass is 16.4. The summed E-state index contributed by atoms with van der Waals surface area (Å²) in [7, 11) is 0. The van der Waals surface area contributed by atoms with Crippen LogP contribution in [0, 0.1) is 0 Å². The van der Waals surface area contributed by atoms with Crippen LogP contribution >= 0.6 is 0 Å². The predicted molar refractivity (Wildman–Crippen MR) is 105 cm³/mol. The van der Waals surface area contributed by atoms with Crippen molar-refractivity contribution >= 4 is 28.8 Å². The molecule has 0 bridgehead atoms. The van der Waals surface area contributed by atoms with Gasteiger partial charge in [-0.1, -0.05) is 18.2 Å². The van der Waals surface area contributed by atoms with Gasteiger partial charge in [0.05, 0.1) is 6.54 Å². The molecule has 150 valence electrons. The van der Waals surface area contributed by atoms with Gasteiger partial charge in [0.2, 0.25) is 5.91 Å². The first-order chi connectivity index (χ1) is 13.5. The van der Waals surface area contributed by atoms with Gasteiger partial charge < -0.3 is 25.6 Å². The number of hydrogen-bond acceptors (Lipinski definition) is 3. The Kier molecular flexibility index (Phi) is 6.18. The molecule has 8 nitrogen and oxygen atoms in total. The third-order valence-corrected chi connectivity index (χ3v) is 5.23. The molecule has 28 heavy (non-hydrogen) atoms. The monoisotopic (exact) mass is 386 g/mol. The highest BCUT2D eigenvalue weighted by Gasteiger charge is 2.25. The van der Waals surface area contributed by atoms with E-state index in [9.17, 15) is 19.5 Å². The number of hydrogen-bond donors (Lipinski definition) is 4. The first-order valence-electron chi connectivity index (χ1n) is 9.57. The van der Waals surface area contributed by atoms with Crippen LogP contribution in [-0.4, -0.2) is 58.1 Å². The summed E-state index contributed by atoms with van der Waals surface area (Å²) in [5.41, 5.74) is 1.72. The third-order valence-electron chi connectivity index (χ3n) is 5.23. The van der Waals surface area contributed by atoms with E-state index >= 15 is 0 Å². The molecule has 2 heterocycles. The summed E-state index contributed by atoms with van der Waals surface area (Å²) in [4.78, 5) is 40.9. The van der Waals surface area contributed by atoms with Crippen molar-refractivity contribution in [3.8, 4) is 0 Å². The second-order valence-corrected chi connectivity index (χ2v) is 7.21. The smallest absolute Gasteiger partial charge is 0.326 e. The van der Waals surface area contributed by atoms with Gasteiger partial charge in [0.15, 0.2) is 0 Å².